The maximum absolute atomic E-state index is 10.7. The minimum Gasteiger partial charge on any atom is -0.741 e. The maximum atomic E-state index is 10.7. The van der Waals surface area contributed by atoms with Crippen molar-refractivity contribution in [1.82, 2.24) is 0 Å². The lowest BCUT2D eigenvalue weighted by Gasteiger charge is -2.08. The molecule has 0 saturated carbocycles. The Morgan fingerprint density at radius 1 is 1.17 bits per heavy atom. The van der Waals surface area contributed by atoms with Crippen molar-refractivity contribution in [3.63, 3.8) is 0 Å². The molecule has 0 atom stereocenters. The average molecular weight is 386 g/mol. The van der Waals surface area contributed by atoms with Crippen molar-refractivity contribution < 1.29 is 30.9 Å². The summed E-state index contributed by atoms with van der Waals surface area (Å²) in [6, 6.07) is 8.79. The van der Waals surface area contributed by atoms with Gasteiger partial charge in [-0.25, -0.2) is 8.42 Å². The van der Waals surface area contributed by atoms with Gasteiger partial charge in [0, 0.05) is 10.9 Å². The smallest absolute Gasteiger partial charge is 0.485 e. The monoisotopic (exact) mass is 386 g/mol. The summed E-state index contributed by atoms with van der Waals surface area (Å²) in [5, 5.41) is 0. The summed E-state index contributed by atoms with van der Waals surface area (Å²) >= 11 is 0. The maximum Gasteiger partial charge on any atom is 0.485 e. The summed E-state index contributed by atoms with van der Waals surface area (Å²) < 4.78 is 64.6. The normalized spacial score (nSPS) is 15.7. The van der Waals surface area contributed by atoms with Crippen LogP contribution in [0.25, 0.3) is 0 Å². The van der Waals surface area contributed by atoms with Crippen LogP contribution in [0.2, 0.25) is 0 Å². The van der Waals surface area contributed by atoms with Crippen LogP contribution in [0.1, 0.15) is 32.6 Å². The zero-order valence-electron chi connectivity index (χ0n) is 13.3. The van der Waals surface area contributed by atoms with Gasteiger partial charge in [0.05, 0.1) is 6.61 Å². The van der Waals surface area contributed by atoms with Crippen LogP contribution in [-0.4, -0.2) is 36.6 Å². The summed E-state index contributed by atoms with van der Waals surface area (Å²) in [6.07, 6.45) is 5.17. The molecular weight excluding hydrogens is 365 g/mol. The summed E-state index contributed by atoms with van der Waals surface area (Å²) in [7, 11) is -5.55. The van der Waals surface area contributed by atoms with Gasteiger partial charge in [0.1, 0.15) is 17.3 Å². The van der Waals surface area contributed by atoms with Crippen LogP contribution >= 0.6 is 0 Å². The highest BCUT2D eigenvalue weighted by Crippen LogP contribution is 2.24. The first-order valence-electron chi connectivity index (χ1n) is 7.57. The van der Waals surface area contributed by atoms with Crippen LogP contribution < -0.4 is 4.74 Å². The van der Waals surface area contributed by atoms with E-state index >= 15 is 0 Å². The standard InChI is InChI=1S/C14H21OS.CHF3O3S/c1-2-3-10-15-13-6-8-14(9-7-13)16-11-4-5-12-16;2-1(3,4)8(5,6)7/h6-9H,2-5,10-12H2,1H3;(H,5,6,7)/q+1;/p-1. The van der Waals surface area contributed by atoms with Gasteiger partial charge in [-0.1, -0.05) is 13.3 Å². The predicted octanol–water partition coefficient (Wildman–Crippen LogP) is 3.69. The second kappa shape index (κ2) is 9.53. The lowest BCUT2D eigenvalue weighted by atomic mass is 10.3. The van der Waals surface area contributed by atoms with E-state index in [9.17, 15) is 13.2 Å². The van der Waals surface area contributed by atoms with Gasteiger partial charge in [0.25, 0.3) is 0 Å². The second-order valence-electron chi connectivity index (χ2n) is 5.18. The van der Waals surface area contributed by atoms with Gasteiger partial charge in [-0.2, -0.15) is 13.2 Å². The SMILES string of the molecule is CCCCOc1ccc([S+]2CCCC2)cc1.O=S(=O)([O-])C(F)(F)F. The first kappa shape index (κ1) is 21.1. The van der Waals surface area contributed by atoms with Crippen molar-refractivity contribution in [1.29, 1.82) is 0 Å². The van der Waals surface area contributed by atoms with Crippen LogP contribution in [0.15, 0.2) is 29.2 Å². The van der Waals surface area contributed by atoms with Crippen molar-refractivity contribution in [3.8, 4) is 5.75 Å². The molecule has 1 aromatic rings. The lowest BCUT2D eigenvalue weighted by Crippen LogP contribution is -2.21. The fourth-order valence-corrected chi connectivity index (χ4v) is 4.25. The Hall–Kier alpha value is -0.930. The Labute approximate surface area is 143 Å². The van der Waals surface area contributed by atoms with Gasteiger partial charge in [0.15, 0.2) is 15.0 Å². The molecule has 1 saturated heterocycles. The van der Waals surface area contributed by atoms with Gasteiger partial charge in [0.2, 0.25) is 0 Å². The van der Waals surface area contributed by atoms with E-state index < -0.39 is 15.6 Å². The Balaban J connectivity index is 0.000000307. The highest BCUT2D eigenvalue weighted by molar-refractivity contribution is 7.97. The number of hydrogen-bond acceptors (Lipinski definition) is 4. The van der Waals surface area contributed by atoms with Gasteiger partial charge >= 0.3 is 5.51 Å². The van der Waals surface area contributed by atoms with Gasteiger partial charge in [-0.3, -0.25) is 0 Å². The molecular formula is C15H21F3O4S2. The van der Waals surface area contributed by atoms with Crippen LogP contribution in [0.4, 0.5) is 13.2 Å². The molecule has 138 valence electrons. The zero-order chi connectivity index (χ0) is 18.2. The Morgan fingerprint density at radius 2 is 1.67 bits per heavy atom. The molecule has 4 nitrogen and oxygen atoms in total. The number of benzene rings is 1. The molecule has 0 spiro atoms. The van der Waals surface area contributed by atoms with Crippen molar-refractivity contribution >= 4 is 21.0 Å². The van der Waals surface area contributed by atoms with Gasteiger partial charge in [-0.05, 0) is 43.5 Å². The van der Waals surface area contributed by atoms with Crippen molar-refractivity contribution in [2.75, 3.05) is 18.1 Å². The molecule has 1 aromatic carbocycles. The van der Waals surface area contributed by atoms with Crippen LogP contribution in [0.3, 0.4) is 0 Å². The van der Waals surface area contributed by atoms with E-state index in [0.717, 1.165) is 18.8 Å². The molecule has 9 heteroatoms. The van der Waals surface area contributed by atoms with Crippen LogP contribution in [-0.2, 0) is 21.0 Å². The Morgan fingerprint density at radius 3 is 2.08 bits per heavy atom. The molecule has 0 bridgehead atoms. The number of halogens is 3. The molecule has 1 aliphatic rings. The molecule has 1 aliphatic heterocycles. The predicted molar refractivity (Wildman–Crippen MR) is 87.2 cm³/mol. The molecule has 0 radical (unpaired) electrons. The molecule has 0 aliphatic carbocycles. The molecule has 0 N–H and O–H groups in total. The molecule has 2 rings (SSSR count). The lowest BCUT2D eigenvalue weighted by molar-refractivity contribution is -0.0517. The van der Waals surface area contributed by atoms with Crippen molar-refractivity contribution in [3.05, 3.63) is 24.3 Å². The fourth-order valence-electron chi connectivity index (χ4n) is 1.95. The summed E-state index contributed by atoms with van der Waals surface area (Å²) in [5.41, 5.74) is -5.65. The van der Waals surface area contributed by atoms with Crippen LogP contribution in [0.5, 0.6) is 5.75 Å². The number of ether oxygens (including phenoxy) is 1. The largest absolute Gasteiger partial charge is 0.741 e. The quantitative estimate of drug-likeness (QED) is 0.335. The van der Waals surface area contributed by atoms with E-state index in [0.29, 0.717) is 10.9 Å². The van der Waals surface area contributed by atoms with Crippen molar-refractivity contribution in [2.24, 2.45) is 0 Å². The zero-order valence-corrected chi connectivity index (χ0v) is 15.0. The molecule has 1 heterocycles. The van der Waals surface area contributed by atoms with Crippen molar-refractivity contribution in [2.45, 2.75) is 43.0 Å². The highest BCUT2D eigenvalue weighted by atomic mass is 32.2. The summed E-state index contributed by atoms with van der Waals surface area (Å²) in [5.74, 6) is 3.83. The number of unbranched alkanes of at least 4 members (excludes halogenated alkanes) is 1. The average Bonchev–Trinajstić information content (AvgIpc) is 3.01. The molecule has 0 aromatic heterocycles. The summed E-state index contributed by atoms with van der Waals surface area (Å²) in [4.78, 5) is 1.53. The second-order valence-corrected chi connectivity index (χ2v) is 8.83. The molecule has 0 amide bonds. The molecule has 0 unspecified atom stereocenters. The minimum absolute atomic E-state index is 0.538. The Kier molecular flexibility index (Phi) is 8.38. The fraction of sp³-hybridized carbons (Fsp3) is 0.600. The molecule has 1 fully saturated rings. The third kappa shape index (κ3) is 7.31. The van der Waals surface area contributed by atoms with E-state index in [1.807, 2.05) is 0 Å². The van der Waals surface area contributed by atoms with E-state index in [-0.39, 0.29) is 0 Å². The van der Waals surface area contributed by atoms with E-state index in [2.05, 4.69) is 31.2 Å². The van der Waals surface area contributed by atoms with Gasteiger partial charge < -0.3 is 9.29 Å². The first-order valence-corrected chi connectivity index (χ1v) is 10.5. The van der Waals surface area contributed by atoms with Crippen LogP contribution in [0, 0.1) is 0 Å². The molecule has 24 heavy (non-hydrogen) atoms. The van der Waals surface area contributed by atoms with E-state index in [1.165, 1.54) is 35.7 Å². The van der Waals surface area contributed by atoms with E-state index in [4.69, 9.17) is 17.7 Å². The highest BCUT2D eigenvalue weighted by Gasteiger charge is 2.36. The number of alkyl halides is 3. The third-order valence-corrected chi connectivity index (χ3v) is 6.31. The minimum atomic E-state index is -6.09. The number of rotatable bonds is 5. The van der Waals surface area contributed by atoms with Gasteiger partial charge in [-0.15, -0.1) is 0 Å². The third-order valence-electron chi connectivity index (χ3n) is 3.24. The van der Waals surface area contributed by atoms with E-state index in [1.54, 1.807) is 0 Å². The number of hydrogen-bond donors (Lipinski definition) is 0. The Bertz CT molecular complexity index is 580. The first-order chi connectivity index (χ1) is 11.1. The topological polar surface area (TPSA) is 66.4 Å². The summed E-state index contributed by atoms with van der Waals surface area (Å²) in [6.45, 7) is 3.04.